The zero-order chi connectivity index (χ0) is 10.6. The summed E-state index contributed by atoms with van der Waals surface area (Å²) in [5, 5.41) is 0. The van der Waals surface area contributed by atoms with Crippen molar-refractivity contribution in [3.8, 4) is 0 Å². The fraction of sp³-hybridized carbons (Fsp3) is 0.900. The average Bonchev–Trinajstić information content (AvgIpc) is 2.59. The van der Waals surface area contributed by atoms with E-state index >= 15 is 0 Å². The molecule has 0 bridgehead atoms. The monoisotopic (exact) mass is 218 g/mol. The van der Waals surface area contributed by atoms with Crippen LogP contribution in [0.5, 0.6) is 0 Å². The smallest absolute Gasteiger partial charge is 0.237 e. The van der Waals surface area contributed by atoms with Crippen molar-refractivity contribution in [3.05, 3.63) is 0 Å². The summed E-state index contributed by atoms with van der Waals surface area (Å²) in [6.45, 7) is 4.74. The fourth-order valence-electron chi connectivity index (χ4n) is 1.96. The van der Waals surface area contributed by atoms with Crippen LogP contribution in [0.2, 0.25) is 0 Å². The Hall–Kier alpha value is -0.280. The maximum atomic E-state index is 11.4. The Kier molecular flexibility index (Phi) is 4.69. The van der Waals surface area contributed by atoms with Crippen LogP contribution in [0, 0.1) is 0 Å². The molecule has 0 aromatic rings. The molecule has 1 amide bonds. The van der Waals surface area contributed by atoms with E-state index in [2.05, 4.69) is 11.9 Å². The predicted molar refractivity (Wildman–Crippen MR) is 58.6 cm³/mol. The number of hydrogen-bond donors (Lipinski definition) is 0. The summed E-state index contributed by atoms with van der Waals surface area (Å²) < 4.78 is 0. The second-order valence-electron chi connectivity index (χ2n) is 3.84. The van der Waals surface area contributed by atoms with Crippen LogP contribution in [0.4, 0.5) is 0 Å². The van der Waals surface area contributed by atoms with Crippen LogP contribution >= 0.6 is 11.6 Å². The van der Waals surface area contributed by atoms with Gasteiger partial charge in [-0.25, -0.2) is 0 Å². The minimum Gasteiger partial charge on any atom is -0.340 e. The van der Waals surface area contributed by atoms with Crippen LogP contribution in [0.3, 0.4) is 0 Å². The SMILES string of the molecule is CCN(C[C@H]1CCCN1C)C(=O)CCl. The summed E-state index contributed by atoms with van der Waals surface area (Å²) in [6.07, 6.45) is 2.44. The van der Waals surface area contributed by atoms with Gasteiger partial charge in [0, 0.05) is 19.1 Å². The van der Waals surface area contributed by atoms with Crippen molar-refractivity contribution in [2.24, 2.45) is 0 Å². The maximum Gasteiger partial charge on any atom is 0.237 e. The molecule has 0 unspecified atom stereocenters. The third kappa shape index (κ3) is 2.85. The fourth-order valence-corrected chi connectivity index (χ4v) is 2.13. The van der Waals surface area contributed by atoms with E-state index in [1.807, 2.05) is 11.8 Å². The number of amides is 1. The second kappa shape index (κ2) is 5.56. The van der Waals surface area contributed by atoms with E-state index in [9.17, 15) is 4.79 Å². The first kappa shape index (κ1) is 11.8. The number of nitrogens with zero attached hydrogens (tertiary/aromatic N) is 2. The van der Waals surface area contributed by atoms with Crippen molar-refractivity contribution in [1.29, 1.82) is 0 Å². The highest BCUT2D eigenvalue weighted by Crippen LogP contribution is 2.15. The van der Waals surface area contributed by atoms with Crippen molar-refractivity contribution in [2.45, 2.75) is 25.8 Å². The molecule has 0 spiro atoms. The van der Waals surface area contributed by atoms with E-state index in [0.29, 0.717) is 6.04 Å². The van der Waals surface area contributed by atoms with E-state index in [-0.39, 0.29) is 11.8 Å². The van der Waals surface area contributed by atoms with Gasteiger partial charge in [-0.15, -0.1) is 11.6 Å². The van der Waals surface area contributed by atoms with Crippen LogP contribution < -0.4 is 0 Å². The lowest BCUT2D eigenvalue weighted by atomic mass is 10.2. The number of carbonyl (C=O) groups is 1. The Morgan fingerprint density at radius 1 is 1.64 bits per heavy atom. The van der Waals surface area contributed by atoms with Crippen molar-refractivity contribution in [2.75, 3.05) is 32.6 Å². The summed E-state index contributed by atoms with van der Waals surface area (Å²) >= 11 is 5.54. The van der Waals surface area contributed by atoms with Gasteiger partial charge in [0.15, 0.2) is 0 Å². The molecule has 0 saturated carbocycles. The zero-order valence-corrected chi connectivity index (χ0v) is 9.76. The van der Waals surface area contributed by atoms with Gasteiger partial charge in [0.2, 0.25) is 5.91 Å². The Labute approximate surface area is 91.0 Å². The topological polar surface area (TPSA) is 23.6 Å². The molecule has 4 heteroatoms. The van der Waals surface area contributed by atoms with E-state index in [1.54, 1.807) is 0 Å². The highest BCUT2D eigenvalue weighted by atomic mass is 35.5. The number of halogens is 1. The lowest BCUT2D eigenvalue weighted by Gasteiger charge is -2.27. The summed E-state index contributed by atoms with van der Waals surface area (Å²) in [7, 11) is 2.12. The van der Waals surface area contributed by atoms with Crippen molar-refractivity contribution in [3.63, 3.8) is 0 Å². The summed E-state index contributed by atoms with van der Waals surface area (Å²) in [4.78, 5) is 15.6. The van der Waals surface area contributed by atoms with Gasteiger partial charge in [-0.3, -0.25) is 4.79 Å². The van der Waals surface area contributed by atoms with E-state index < -0.39 is 0 Å². The second-order valence-corrected chi connectivity index (χ2v) is 4.11. The first-order chi connectivity index (χ1) is 6.69. The normalized spacial score (nSPS) is 22.6. The van der Waals surface area contributed by atoms with Gasteiger partial charge >= 0.3 is 0 Å². The Morgan fingerprint density at radius 3 is 2.79 bits per heavy atom. The molecule has 3 nitrogen and oxygen atoms in total. The molecular weight excluding hydrogens is 200 g/mol. The molecule has 1 aliphatic heterocycles. The summed E-state index contributed by atoms with van der Waals surface area (Å²) in [6, 6.07) is 0.530. The molecule has 0 aromatic heterocycles. The number of alkyl halides is 1. The quantitative estimate of drug-likeness (QED) is 0.662. The summed E-state index contributed by atoms with van der Waals surface area (Å²) in [5.74, 6) is 0.152. The zero-order valence-electron chi connectivity index (χ0n) is 9.00. The van der Waals surface area contributed by atoms with Gasteiger partial charge in [-0.1, -0.05) is 0 Å². The largest absolute Gasteiger partial charge is 0.340 e. The van der Waals surface area contributed by atoms with Crippen LogP contribution in [0.25, 0.3) is 0 Å². The molecule has 0 aliphatic carbocycles. The number of hydrogen-bond acceptors (Lipinski definition) is 2. The Balaban J connectivity index is 2.43. The molecule has 1 aliphatic rings. The van der Waals surface area contributed by atoms with Gasteiger partial charge < -0.3 is 9.80 Å². The molecule has 1 rings (SSSR count). The Bertz CT molecular complexity index is 199. The van der Waals surface area contributed by atoms with Gasteiger partial charge in [0.05, 0.1) is 0 Å². The highest BCUT2D eigenvalue weighted by molar-refractivity contribution is 6.27. The van der Waals surface area contributed by atoms with E-state index in [0.717, 1.165) is 19.6 Å². The maximum absolute atomic E-state index is 11.4. The lowest BCUT2D eigenvalue weighted by molar-refractivity contribution is -0.128. The third-order valence-corrected chi connectivity index (χ3v) is 3.18. The molecule has 1 atom stereocenters. The number of carbonyl (C=O) groups excluding carboxylic acids is 1. The summed E-state index contributed by atoms with van der Waals surface area (Å²) in [5.41, 5.74) is 0. The molecule has 14 heavy (non-hydrogen) atoms. The van der Waals surface area contributed by atoms with Gasteiger partial charge in [-0.05, 0) is 33.4 Å². The predicted octanol–water partition coefficient (Wildman–Crippen LogP) is 1.17. The Morgan fingerprint density at radius 2 is 2.36 bits per heavy atom. The average molecular weight is 219 g/mol. The van der Waals surface area contributed by atoms with Gasteiger partial charge in [0.1, 0.15) is 5.88 Å². The molecule has 82 valence electrons. The minimum absolute atomic E-state index is 0.0504. The molecule has 1 saturated heterocycles. The first-order valence-corrected chi connectivity index (χ1v) is 5.76. The molecule has 1 fully saturated rings. The lowest BCUT2D eigenvalue weighted by Crippen LogP contribution is -2.42. The first-order valence-electron chi connectivity index (χ1n) is 5.23. The van der Waals surface area contributed by atoms with Gasteiger partial charge in [-0.2, -0.15) is 0 Å². The van der Waals surface area contributed by atoms with Gasteiger partial charge in [0.25, 0.3) is 0 Å². The standard InChI is InChI=1S/C10H19ClN2O/c1-3-13(10(14)7-11)8-9-5-4-6-12(9)2/h9H,3-8H2,1-2H3/t9-/m1/s1. The van der Waals surface area contributed by atoms with Crippen LogP contribution in [0.15, 0.2) is 0 Å². The van der Waals surface area contributed by atoms with Crippen LogP contribution in [0.1, 0.15) is 19.8 Å². The number of rotatable bonds is 4. The minimum atomic E-state index is 0.0504. The molecule has 0 N–H and O–H groups in total. The number of likely N-dealkylation sites (tertiary alicyclic amines) is 1. The van der Waals surface area contributed by atoms with Crippen LogP contribution in [-0.2, 0) is 4.79 Å². The van der Waals surface area contributed by atoms with Crippen molar-refractivity contribution >= 4 is 17.5 Å². The number of likely N-dealkylation sites (N-methyl/N-ethyl adjacent to an activating group) is 2. The van der Waals surface area contributed by atoms with Crippen molar-refractivity contribution in [1.82, 2.24) is 9.80 Å². The van der Waals surface area contributed by atoms with Crippen molar-refractivity contribution < 1.29 is 4.79 Å². The van der Waals surface area contributed by atoms with E-state index in [4.69, 9.17) is 11.6 Å². The highest BCUT2D eigenvalue weighted by Gasteiger charge is 2.24. The third-order valence-electron chi connectivity index (χ3n) is 2.95. The van der Waals surface area contributed by atoms with Crippen LogP contribution in [-0.4, -0.2) is 54.3 Å². The molecule has 0 radical (unpaired) electrons. The molecular formula is C10H19ClN2O. The van der Waals surface area contributed by atoms with E-state index in [1.165, 1.54) is 12.8 Å². The molecule has 0 aromatic carbocycles. The molecule has 1 heterocycles.